The van der Waals surface area contributed by atoms with E-state index >= 15 is 0 Å². The van der Waals surface area contributed by atoms with Crippen molar-refractivity contribution in [3.8, 4) is 0 Å². The third-order valence-corrected chi connectivity index (χ3v) is 1.99. The minimum Gasteiger partial charge on any atom is -0.355 e. The number of rotatable bonds is 4. The molecule has 1 unspecified atom stereocenters. The highest BCUT2D eigenvalue weighted by Gasteiger charge is 2.12. The van der Waals surface area contributed by atoms with Gasteiger partial charge in [0.05, 0.1) is 6.04 Å². The number of nitrogens with two attached hydrogens (primary N) is 1. The minimum absolute atomic E-state index is 0. The van der Waals surface area contributed by atoms with Gasteiger partial charge in [0.2, 0.25) is 5.91 Å². The summed E-state index contributed by atoms with van der Waals surface area (Å²) in [5, 5.41) is 2.70. The van der Waals surface area contributed by atoms with Crippen LogP contribution in [0.1, 0.15) is 12.5 Å². The molecule has 0 saturated carbocycles. The predicted molar refractivity (Wildman–Crippen MR) is 64.1 cm³/mol. The second-order valence-corrected chi connectivity index (χ2v) is 3.19. The van der Waals surface area contributed by atoms with Gasteiger partial charge in [-0.3, -0.25) is 4.79 Å². The van der Waals surface area contributed by atoms with Crippen LogP contribution in [0.2, 0.25) is 0 Å². The number of halogens is 1. The van der Waals surface area contributed by atoms with E-state index in [9.17, 15) is 4.79 Å². The van der Waals surface area contributed by atoms with E-state index in [1.54, 1.807) is 0 Å². The molecule has 0 saturated heterocycles. The van der Waals surface area contributed by atoms with Gasteiger partial charge in [0, 0.05) is 6.54 Å². The zero-order valence-electron chi connectivity index (χ0n) is 8.77. The van der Waals surface area contributed by atoms with Gasteiger partial charge in [-0.1, -0.05) is 30.3 Å². The third-order valence-electron chi connectivity index (χ3n) is 1.99. The second kappa shape index (κ2) is 7.26. The molecule has 1 rings (SSSR count). The van der Waals surface area contributed by atoms with Crippen molar-refractivity contribution in [3.05, 3.63) is 35.9 Å². The first-order chi connectivity index (χ1) is 6.74. The van der Waals surface area contributed by atoms with Gasteiger partial charge in [0.15, 0.2) is 0 Å². The van der Waals surface area contributed by atoms with Crippen LogP contribution in [0, 0.1) is 0 Å². The fourth-order valence-corrected chi connectivity index (χ4v) is 1.27. The Morgan fingerprint density at radius 1 is 1.40 bits per heavy atom. The number of carbonyl (C=O) groups excluding carboxylic acids is 1. The Bertz CT molecular complexity index is 290. The van der Waals surface area contributed by atoms with Crippen LogP contribution >= 0.6 is 12.4 Å². The van der Waals surface area contributed by atoms with Crippen molar-refractivity contribution < 1.29 is 4.79 Å². The molecule has 0 aliphatic heterocycles. The number of likely N-dealkylation sites (N-methyl/N-ethyl adjacent to an activating group) is 1. The molecule has 1 amide bonds. The van der Waals surface area contributed by atoms with Gasteiger partial charge < -0.3 is 11.1 Å². The summed E-state index contributed by atoms with van der Waals surface area (Å²) in [6.45, 7) is 2.51. The first-order valence-corrected chi connectivity index (χ1v) is 4.81. The number of amides is 1. The van der Waals surface area contributed by atoms with E-state index in [1.165, 1.54) is 0 Å². The average Bonchev–Trinajstić information content (AvgIpc) is 2.19. The Balaban J connectivity index is 0.00000196. The number of hydrogen-bond acceptors (Lipinski definition) is 2. The van der Waals surface area contributed by atoms with Gasteiger partial charge in [-0.15, -0.1) is 12.4 Å². The van der Waals surface area contributed by atoms with Crippen molar-refractivity contribution in [1.29, 1.82) is 0 Å². The van der Waals surface area contributed by atoms with E-state index in [1.807, 2.05) is 37.3 Å². The maximum absolute atomic E-state index is 11.3. The molecule has 3 nitrogen and oxygen atoms in total. The summed E-state index contributed by atoms with van der Waals surface area (Å²) in [6, 6.07) is 9.33. The fraction of sp³-hybridized carbons (Fsp3) is 0.364. The van der Waals surface area contributed by atoms with Crippen molar-refractivity contribution in [3.63, 3.8) is 0 Å². The Morgan fingerprint density at radius 3 is 2.53 bits per heavy atom. The van der Waals surface area contributed by atoms with E-state index < -0.39 is 6.04 Å². The van der Waals surface area contributed by atoms with Crippen molar-refractivity contribution in [2.24, 2.45) is 5.73 Å². The molecular formula is C11H17ClN2O. The van der Waals surface area contributed by atoms with E-state index in [-0.39, 0.29) is 18.3 Å². The molecule has 0 aliphatic rings. The lowest BCUT2D eigenvalue weighted by atomic mass is 10.1. The number of benzene rings is 1. The number of carbonyl (C=O) groups is 1. The van der Waals surface area contributed by atoms with Gasteiger partial charge in [-0.2, -0.15) is 0 Å². The van der Waals surface area contributed by atoms with Crippen LogP contribution in [0.15, 0.2) is 30.3 Å². The fourth-order valence-electron chi connectivity index (χ4n) is 1.27. The zero-order valence-corrected chi connectivity index (χ0v) is 9.59. The van der Waals surface area contributed by atoms with Gasteiger partial charge in [0.25, 0.3) is 0 Å². The largest absolute Gasteiger partial charge is 0.355 e. The molecule has 1 aromatic carbocycles. The highest BCUT2D eigenvalue weighted by molar-refractivity contribution is 5.85. The molecular weight excluding hydrogens is 212 g/mol. The van der Waals surface area contributed by atoms with Crippen LogP contribution < -0.4 is 11.1 Å². The zero-order chi connectivity index (χ0) is 10.4. The lowest BCUT2D eigenvalue weighted by Crippen LogP contribution is -2.41. The van der Waals surface area contributed by atoms with Crippen LogP contribution in [-0.2, 0) is 11.2 Å². The van der Waals surface area contributed by atoms with Gasteiger partial charge >= 0.3 is 0 Å². The summed E-state index contributed by atoms with van der Waals surface area (Å²) < 4.78 is 0. The maximum atomic E-state index is 11.3. The lowest BCUT2D eigenvalue weighted by Gasteiger charge is -2.10. The van der Waals surface area contributed by atoms with Crippen LogP contribution in [-0.4, -0.2) is 18.5 Å². The lowest BCUT2D eigenvalue weighted by molar-refractivity contribution is -0.122. The summed E-state index contributed by atoms with van der Waals surface area (Å²) in [5.41, 5.74) is 6.81. The molecule has 0 aromatic heterocycles. The monoisotopic (exact) mass is 228 g/mol. The molecule has 1 atom stereocenters. The van der Waals surface area contributed by atoms with Crippen molar-refractivity contribution >= 4 is 18.3 Å². The van der Waals surface area contributed by atoms with Crippen molar-refractivity contribution in [2.45, 2.75) is 19.4 Å². The molecule has 0 bridgehead atoms. The predicted octanol–water partition coefficient (Wildman–Crippen LogP) is 1.11. The van der Waals surface area contributed by atoms with Crippen molar-refractivity contribution in [1.82, 2.24) is 5.32 Å². The summed E-state index contributed by atoms with van der Waals surface area (Å²) >= 11 is 0. The molecule has 0 fully saturated rings. The highest BCUT2D eigenvalue weighted by Crippen LogP contribution is 2.01. The Labute approximate surface area is 96.5 Å². The standard InChI is InChI=1S/C11H16N2O.ClH/c1-2-13-11(14)10(12)8-9-6-4-3-5-7-9;/h3-7,10H,2,8,12H2,1H3,(H,13,14);1H. The van der Waals surface area contributed by atoms with Gasteiger partial charge in [-0.05, 0) is 18.9 Å². The smallest absolute Gasteiger partial charge is 0.237 e. The SMILES string of the molecule is CCNC(=O)C(N)Cc1ccccc1.Cl. The van der Waals surface area contributed by atoms with Crippen LogP contribution in [0.5, 0.6) is 0 Å². The van der Waals surface area contributed by atoms with E-state index in [0.29, 0.717) is 13.0 Å². The topological polar surface area (TPSA) is 55.1 Å². The summed E-state index contributed by atoms with van der Waals surface area (Å²) in [6.07, 6.45) is 0.590. The molecule has 0 radical (unpaired) electrons. The maximum Gasteiger partial charge on any atom is 0.237 e. The molecule has 4 heteroatoms. The van der Waals surface area contributed by atoms with Crippen LogP contribution in [0.25, 0.3) is 0 Å². The summed E-state index contributed by atoms with van der Waals surface area (Å²) in [5.74, 6) is -0.0867. The van der Waals surface area contributed by atoms with E-state index in [0.717, 1.165) is 5.56 Å². The van der Waals surface area contributed by atoms with Crippen LogP contribution in [0.4, 0.5) is 0 Å². The average molecular weight is 229 g/mol. The molecule has 0 aliphatic carbocycles. The van der Waals surface area contributed by atoms with E-state index in [2.05, 4.69) is 5.32 Å². The van der Waals surface area contributed by atoms with Gasteiger partial charge in [-0.25, -0.2) is 0 Å². The Morgan fingerprint density at radius 2 is 2.00 bits per heavy atom. The second-order valence-electron chi connectivity index (χ2n) is 3.19. The third kappa shape index (κ3) is 4.81. The Hall–Kier alpha value is -1.06. The molecule has 15 heavy (non-hydrogen) atoms. The molecule has 84 valence electrons. The van der Waals surface area contributed by atoms with Crippen molar-refractivity contribution in [2.75, 3.05) is 6.54 Å². The molecule has 1 aromatic rings. The first-order valence-electron chi connectivity index (χ1n) is 4.81. The van der Waals surface area contributed by atoms with E-state index in [4.69, 9.17) is 5.73 Å². The quantitative estimate of drug-likeness (QED) is 0.812. The first kappa shape index (κ1) is 13.9. The summed E-state index contributed by atoms with van der Waals surface area (Å²) in [7, 11) is 0. The minimum atomic E-state index is -0.447. The highest BCUT2D eigenvalue weighted by atomic mass is 35.5. The summed E-state index contributed by atoms with van der Waals surface area (Å²) in [4.78, 5) is 11.3. The molecule has 3 N–H and O–H groups in total. The normalized spacial score (nSPS) is 11.3. The van der Waals surface area contributed by atoms with Gasteiger partial charge in [0.1, 0.15) is 0 Å². The Kier molecular flexibility index (Phi) is 6.75. The number of nitrogens with one attached hydrogen (secondary N) is 1. The molecule has 0 heterocycles. The number of hydrogen-bond donors (Lipinski definition) is 2. The molecule has 0 spiro atoms. The van der Waals surface area contributed by atoms with Crippen LogP contribution in [0.3, 0.4) is 0 Å².